The van der Waals surface area contributed by atoms with Crippen LogP contribution in [0.4, 0.5) is 0 Å². The van der Waals surface area contributed by atoms with Crippen LogP contribution < -0.4 is 5.32 Å². The summed E-state index contributed by atoms with van der Waals surface area (Å²) in [5, 5.41) is 11.1. The average Bonchev–Trinajstić information content (AvgIpc) is 3.57. The average molecular weight is 653 g/mol. The number of nitrogens with zero attached hydrogens (tertiary/aromatic N) is 3. The minimum atomic E-state index is -0.398. The lowest BCUT2D eigenvalue weighted by Gasteiger charge is -2.22. The van der Waals surface area contributed by atoms with Gasteiger partial charge < -0.3 is 9.88 Å². The van der Waals surface area contributed by atoms with Crippen molar-refractivity contribution in [1.82, 2.24) is 9.88 Å². The number of aromatic nitrogens is 1. The minimum Gasteiger partial charge on any atom is -0.324 e. The Morgan fingerprint density at radius 3 is 1.41 bits per heavy atom. The van der Waals surface area contributed by atoms with Gasteiger partial charge in [-0.1, -0.05) is 158 Å². The van der Waals surface area contributed by atoms with Crippen molar-refractivity contribution >= 4 is 55.0 Å². The van der Waals surface area contributed by atoms with Crippen molar-refractivity contribution in [2.24, 2.45) is 9.98 Å². The van der Waals surface area contributed by atoms with Gasteiger partial charge in [0.2, 0.25) is 0 Å². The van der Waals surface area contributed by atoms with Crippen LogP contribution in [0.3, 0.4) is 0 Å². The summed E-state index contributed by atoms with van der Waals surface area (Å²) in [4.78, 5) is 10.3. The van der Waals surface area contributed by atoms with Gasteiger partial charge in [-0.05, 0) is 62.5 Å². The highest BCUT2D eigenvalue weighted by molar-refractivity contribution is 6.28. The molecule has 0 amide bonds. The third-order valence-corrected chi connectivity index (χ3v) is 10.0. The molecule has 10 rings (SSSR count). The van der Waals surface area contributed by atoms with E-state index in [-0.39, 0.29) is 0 Å². The van der Waals surface area contributed by atoms with Crippen LogP contribution in [0.25, 0.3) is 60.2 Å². The molecule has 0 radical (unpaired) electrons. The number of rotatable bonds is 5. The molecule has 9 aromatic rings. The van der Waals surface area contributed by atoms with Gasteiger partial charge in [0.1, 0.15) is 11.7 Å². The second-order valence-corrected chi connectivity index (χ2v) is 13.1. The maximum Gasteiger partial charge on any atom is 0.169 e. The molecule has 0 aliphatic carbocycles. The van der Waals surface area contributed by atoms with Crippen LogP contribution >= 0.6 is 0 Å². The molecule has 0 spiro atoms. The van der Waals surface area contributed by atoms with E-state index in [1.165, 1.54) is 54.5 Å². The minimum absolute atomic E-state index is 0.398. The predicted molar refractivity (Wildman–Crippen MR) is 213 cm³/mol. The van der Waals surface area contributed by atoms with Gasteiger partial charge in [0, 0.05) is 27.6 Å². The highest BCUT2D eigenvalue weighted by Crippen LogP contribution is 2.40. The maximum absolute atomic E-state index is 5.17. The van der Waals surface area contributed by atoms with Crippen molar-refractivity contribution in [3.8, 4) is 16.8 Å². The molecule has 0 bridgehead atoms. The van der Waals surface area contributed by atoms with Crippen LogP contribution in [0.15, 0.2) is 192 Å². The lowest BCUT2D eigenvalue weighted by Crippen LogP contribution is -2.36. The molecule has 51 heavy (non-hydrogen) atoms. The Morgan fingerprint density at radius 1 is 0.392 bits per heavy atom. The molecule has 1 N–H and O–H groups in total. The topological polar surface area (TPSA) is 41.7 Å². The van der Waals surface area contributed by atoms with E-state index in [1.54, 1.807) is 0 Å². The zero-order valence-electron chi connectivity index (χ0n) is 27.7. The monoisotopic (exact) mass is 652 g/mol. The zero-order valence-corrected chi connectivity index (χ0v) is 27.7. The number of fused-ring (bicyclic) bond motifs is 7. The van der Waals surface area contributed by atoms with Crippen LogP contribution in [0.5, 0.6) is 0 Å². The zero-order chi connectivity index (χ0) is 33.7. The van der Waals surface area contributed by atoms with Gasteiger partial charge in [0.25, 0.3) is 0 Å². The Kier molecular flexibility index (Phi) is 6.85. The lowest BCUT2D eigenvalue weighted by molar-refractivity contribution is 0.755. The first-order valence-electron chi connectivity index (χ1n) is 17.4. The quantitative estimate of drug-likeness (QED) is 0.197. The van der Waals surface area contributed by atoms with Gasteiger partial charge >= 0.3 is 0 Å². The first-order valence-corrected chi connectivity index (χ1v) is 17.4. The summed E-state index contributed by atoms with van der Waals surface area (Å²) in [6.45, 7) is 0. The Morgan fingerprint density at radius 2 is 0.843 bits per heavy atom. The standard InChI is InChI=1S/C47H32N4/c1-3-11-31(12-4-1)32-19-21-36(22-20-32)46-48-45(35-15-5-2-6-16-35)49-47(50-46)37-23-27-38(28-24-37)51-41-29-25-33-13-7-9-17-39(33)43(41)44-40-18-10-8-14-34(40)26-30-42(44)51/h1-30,47H,(H,48,49,50). The molecule has 0 saturated carbocycles. The molecular formula is C47H32N4. The molecule has 4 nitrogen and oxygen atoms in total. The van der Waals surface area contributed by atoms with Crippen LogP contribution in [0.2, 0.25) is 0 Å². The number of amidine groups is 2. The highest BCUT2D eigenvalue weighted by Gasteiger charge is 2.22. The normalized spacial score (nSPS) is 14.5. The summed E-state index contributed by atoms with van der Waals surface area (Å²) >= 11 is 0. The van der Waals surface area contributed by atoms with E-state index in [0.29, 0.717) is 0 Å². The van der Waals surface area contributed by atoms with Crippen LogP contribution in [0.1, 0.15) is 22.9 Å². The van der Waals surface area contributed by atoms with Crippen molar-refractivity contribution in [2.45, 2.75) is 6.17 Å². The summed E-state index contributed by atoms with van der Waals surface area (Å²) in [6, 6.07) is 64.5. The Labute approximate surface area is 295 Å². The molecule has 0 fully saturated rings. The highest BCUT2D eigenvalue weighted by atomic mass is 15.2. The third-order valence-electron chi connectivity index (χ3n) is 10.0. The molecule has 4 heteroatoms. The Hall–Kier alpha value is -6.78. The van der Waals surface area contributed by atoms with E-state index < -0.39 is 6.17 Å². The van der Waals surface area contributed by atoms with Gasteiger partial charge in [0.05, 0.1) is 11.0 Å². The number of hydrogen-bond donors (Lipinski definition) is 1. The molecule has 0 saturated heterocycles. The molecule has 240 valence electrons. The second-order valence-electron chi connectivity index (χ2n) is 13.1. The molecule has 2 heterocycles. The van der Waals surface area contributed by atoms with Crippen molar-refractivity contribution < 1.29 is 0 Å². The third kappa shape index (κ3) is 5.00. The summed E-state index contributed by atoms with van der Waals surface area (Å²) < 4.78 is 2.40. The molecule has 1 aromatic heterocycles. The molecule has 1 aliphatic rings. The van der Waals surface area contributed by atoms with E-state index in [9.17, 15) is 0 Å². The fourth-order valence-electron chi connectivity index (χ4n) is 7.56. The number of hydrogen-bond acceptors (Lipinski definition) is 3. The number of benzene rings is 8. The van der Waals surface area contributed by atoms with Crippen LogP contribution in [-0.2, 0) is 0 Å². The maximum atomic E-state index is 5.17. The van der Waals surface area contributed by atoms with E-state index in [4.69, 9.17) is 9.98 Å². The van der Waals surface area contributed by atoms with Crippen LogP contribution in [-0.4, -0.2) is 16.2 Å². The first-order chi connectivity index (χ1) is 25.3. The lowest BCUT2D eigenvalue weighted by atomic mass is 10.00. The number of nitrogens with one attached hydrogen (secondary N) is 1. The predicted octanol–water partition coefficient (Wildman–Crippen LogP) is 11.3. The summed E-state index contributed by atoms with van der Waals surface area (Å²) in [5.41, 5.74) is 8.93. The summed E-state index contributed by atoms with van der Waals surface area (Å²) in [6.07, 6.45) is -0.398. The molecule has 8 aromatic carbocycles. The van der Waals surface area contributed by atoms with Gasteiger partial charge in [-0.15, -0.1) is 0 Å². The fraction of sp³-hybridized carbons (Fsp3) is 0.0213. The summed E-state index contributed by atoms with van der Waals surface area (Å²) in [5.74, 6) is 1.61. The van der Waals surface area contributed by atoms with Gasteiger partial charge in [0.15, 0.2) is 6.17 Å². The molecule has 1 aliphatic heterocycles. The molecular weight excluding hydrogens is 621 g/mol. The molecule has 1 atom stereocenters. The Balaban J connectivity index is 1.09. The van der Waals surface area contributed by atoms with Crippen molar-refractivity contribution in [3.05, 3.63) is 199 Å². The van der Waals surface area contributed by atoms with Gasteiger partial charge in [-0.25, -0.2) is 9.98 Å². The Bertz CT molecular complexity index is 2700. The smallest absolute Gasteiger partial charge is 0.169 e. The molecule has 1 unspecified atom stereocenters. The van der Waals surface area contributed by atoms with E-state index >= 15 is 0 Å². The summed E-state index contributed by atoms with van der Waals surface area (Å²) in [7, 11) is 0. The van der Waals surface area contributed by atoms with Crippen molar-refractivity contribution in [2.75, 3.05) is 0 Å². The van der Waals surface area contributed by atoms with E-state index in [0.717, 1.165) is 34.0 Å². The van der Waals surface area contributed by atoms with Gasteiger partial charge in [-0.2, -0.15) is 0 Å². The fourth-order valence-corrected chi connectivity index (χ4v) is 7.56. The number of aliphatic imine (C=N–C) groups is 2. The largest absolute Gasteiger partial charge is 0.324 e. The SMILES string of the molecule is c1ccc(C2=NC(c3ccc(-n4c5ccc6ccccc6c5c5c6ccccc6ccc54)cc3)N=C(c3ccc(-c4ccccc4)cc3)N2)cc1. The van der Waals surface area contributed by atoms with Crippen molar-refractivity contribution in [1.29, 1.82) is 0 Å². The van der Waals surface area contributed by atoms with Gasteiger partial charge in [-0.3, -0.25) is 0 Å². The van der Waals surface area contributed by atoms with E-state index in [2.05, 4.69) is 168 Å². The second kappa shape index (κ2) is 12.0. The van der Waals surface area contributed by atoms with Crippen molar-refractivity contribution in [3.63, 3.8) is 0 Å². The van der Waals surface area contributed by atoms with E-state index in [1.807, 2.05) is 24.3 Å². The first kappa shape index (κ1) is 29.2. The van der Waals surface area contributed by atoms with Crippen LogP contribution in [0, 0.1) is 0 Å².